The predicted molar refractivity (Wildman–Crippen MR) is 187 cm³/mol. The van der Waals surface area contributed by atoms with Gasteiger partial charge in [-0.2, -0.15) is 0 Å². The van der Waals surface area contributed by atoms with Crippen LogP contribution in [-0.4, -0.2) is 71.7 Å². The minimum absolute atomic E-state index is 0.0489. The van der Waals surface area contributed by atoms with Crippen LogP contribution in [0.25, 0.3) is 11.5 Å². The maximum atomic E-state index is 14.2. The summed E-state index contributed by atoms with van der Waals surface area (Å²) in [5.74, 6) is -2.08. The van der Waals surface area contributed by atoms with Crippen LogP contribution in [0.4, 0.5) is 14.5 Å². The second-order valence-electron chi connectivity index (χ2n) is 12.0. The number of carbonyl (C=O) groups excluding carboxylic acids is 2. The molecule has 0 aliphatic carbocycles. The Bertz CT molecular complexity index is 1640. The van der Waals surface area contributed by atoms with Gasteiger partial charge in [-0.1, -0.05) is 26.0 Å². The Balaban J connectivity index is 1.59. The van der Waals surface area contributed by atoms with Crippen molar-refractivity contribution in [2.75, 3.05) is 37.6 Å². The zero-order valence-electron chi connectivity index (χ0n) is 28.7. The molecule has 2 amide bonds. The minimum atomic E-state index is -1.14. The number of anilines is 1. The average Bonchev–Trinajstić information content (AvgIpc) is 3.63. The number of aliphatic hydroxyl groups is 1. The molecule has 3 aromatic carbocycles. The number of benzene rings is 3. The smallest absolute Gasteiger partial charge is 0.253 e. The standard InChI is InChI=1S/C38H47F2N5O4/c1-5-13-45(14-6-2)38(48)30-21-28(20-29(22-30)37-42-12-15-49-37)36(47)43-34(19-27-16-31(39)23-32(40)17-27)35(46)25-41-24-26-10-9-11-33(18-26)44(7-3)8-4/h9-12,15-18,20-23,34-35,41,46H,5-8,13-14,19,24-25H2,1-4H3,(H,43,47). The first-order valence-electron chi connectivity index (χ1n) is 17.0. The average molecular weight is 676 g/mol. The van der Waals surface area contributed by atoms with Crippen molar-refractivity contribution in [1.82, 2.24) is 20.5 Å². The molecule has 1 aromatic heterocycles. The number of rotatable bonds is 18. The molecule has 0 radical (unpaired) electrons. The Kier molecular flexibility index (Phi) is 13.8. The van der Waals surface area contributed by atoms with Gasteiger partial charge in [-0.25, -0.2) is 13.8 Å². The minimum Gasteiger partial charge on any atom is -0.445 e. The molecule has 0 aliphatic rings. The van der Waals surface area contributed by atoms with Crippen LogP contribution < -0.4 is 15.5 Å². The van der Waals surface area contributed by atoms with E-state index in [1.54, 1.807) is 17.0 Å². The van der Waals surface area contributed by atoms with Crippen molar-refractivity contribution in [1.29, 1.82) is 0 Å². The largest absolute Gasteiger partial charge is 0.445 e. The second kappa shape index (κ2) is 18.2. The third-order valence-corrected chi connectivity index (χ3v) is 8.28. The molecule has 0 fully saturated rings. The highest BCUT2D eigenvalue weighted by Crippen LogP contribution is 2.23. The monoisotopic (exact) mass is 675 g/mol. The van der Waals surface area contributed by atoms with E-state index in [9.17, 15) is 23.5 Å². The summed E-state index contributed by atoms with van der Waals surface area (Å²) in [6.07, 6.45) is 3.24. The lowest BCUT2D eigenvalue weighted by molar-refractivity contribution is 0.0755. The third kappa shape index (κ3) is 10.4. The van der Waals surface area contributed by atoms with Gasteiger partial charge in [-0.15, -0.1) is 0 Å². The molecule has 4 aromatic rings. The van der Waals surface area contributed by atoms with Crippen molar-refractivity contribution in [2.45, 2.75) is 65.6 Å². The van der Waals surface area contributed by atoms with E-state index in [2.05, 4.69) is 46.5 Å². The normalized spacial score (nSPS) is 12.4. The molecule has 49 heavy (non-hydrogen) atoms. The number of hydrogen-bond acceptors (Lipinski definition) is 7. The molecule has 2 atom stereocenters. The van der Waals surface area contributed by atoms with Gasteiger partial charge >= 0.3 is 0 Å². The molecular formula is C38H47F2N5O4. The fourth-order valence-corrected chi connectivity index (χ4v) is 5.89. The van der Waals surface area contributed by atoms with Crippen LogP contribution in [0.1, 0.15) is 72.4 Å². The Morgan fingerprint density at radius 3 is 2.22 bits per heavy atom. The second-order valence-corrected chi connectivity index (χ2v) is 12.0. The van der Waals surface area contributed by atoms with Gasteiger partial charge in [0.15, 0.2) is 0 Å². The summed E-state index contributed by atoms with van der Waals surface area (Å²) in [6.45, 7) is 11.6. The summed E-state index contributed by atoms with van der Waals surface area (Å²) < 4.78 is 33.8. The molecular weight excluding hydrogens is 628 g/mol. The lowest BCUT2D eigenvalue weighted by Gasteiger charge is -2.26. The van der Waals surface area contributed by atoms with E-state index < -0.39 is 29.7 Å². The molecule has 0 saturated carbocycles. The van der Waals surface area contributed by atoms with Crippen LogP contribution in [-0.2, 0) is 13.0 Å². The topological polar surface area (TPSA) is 111 Å². The van der Waals surface area contributed by atoms with Gasteiger partial charge in [-0.05, 0) is 86.7 Å². The molecule has 0 spiro atoms. The molecule has 0 saturated heterocycles. The van der Waals surface area contributed by atoms with Crippen molar-refractivity contribution < 1.29 is 27.9 Å². The van der Waals surface area contributed by atoms with Crippen molar-refractivity contribution in [2.24, 2.45) is 0 Å². The third-order valence-electron chi connectivity index (χ3n) is 8.28. The van der Waals surface area contributed by atoms with E-state index in [1.165, 1.54) is 30.7 Å². The van der Waals surface area contributed by atoms with Gasteiger partial charge in [0, 0.05) is 67.7 Å². The molecule has 2 unspecified atom stereocenters. The lowest BCUT2D eigenvalue weighted by Crippen LogP contribution is -2.48. The summed E-state index contributed by atoms with van der Waals surface area (Å²) in [7, 11) is 0. The summed E-state index contributed by atoms with van der Waals surface area (Å²) in [5.41, 5.74) is 3.27. The maximum Gasteiger partial charge on any atom is 0.253 e. The molecule has 0 bridgehead atoms. The number of halogens is 2. The number of nitrogens with one attached hydrogen (secondary N) is 2. The first kappa shape index (κ1) is 37.2. The molecule has 0 aliphatic heterocycles. The van der Waals surface area contributed by atoms with Crippen LogP contribution in [0.2, 0.25) is 0 Å². The summed E-state index contributed by atoms with van der Waals surface area (Å²) in [6, 6.07) is 15.0. The number of hydrogen-bond donors (Lipinski definition) is 3. The van der Waals surface area contributed by atoms with Gasteiger partial charge in [-0.3, -0.25) is 9.59 Å². The summed E-state index contributed by atoms with van der Waals surface area (Å²) >= 11 is 0. The van der Waals surface area contributed by atoms with Crippen LogP contribution in [0.5, 0.6) is 0 Å². The van der Waals surface area contributed by atoms with Gasteiger partial charge in [0.25, 0.3) is 11.8 Å². The fraction of sp³-hybridized carbons (Fsp3) is 0.395. The van der Waals surface area contributed by atoms with E-state index in [-0.39, 0.29) is 35.9 Å². The van der Waals surface area contributed by atoms with E-state index in [4.69, 9.17) is 4.42 Å². The van der Waals surface area contributed by atoms with Gasteiger partial charge in [0.1, 0.15) is 17.9 Å². The van der Waals surface area contributed by atoms with Crippen LogP contribution in [0.3, 0.4) is 0 Å². The number of amides is 2. The van der Waals surface area contributed by atoms with Gasteiger partial charge in [0.05, 0.1) is 18.3 Å². The Morgan fingerprint density at radius 1 is 0.898 bits per heavy atom. The fourth-order valence-electron chi connectivity index (χ4n) is 5.89. The van der Waals surface area contributed by atoms with E-state index in [1.807, 2.05) is 26.0 Å². The number of aliphatic hydroxyl groups excluding tert-OH is 1. The molecule has 4 rings (SSSR count). The van der Waals surface area contributed by atoms with Crippen LogP contribution in [0.15, 0.2) is 77.5 Å². The summed E-state index contributed by atoms with van der Waals surface area (Å²) in [5, 5.41) is 17.5. The zero-order valence-corrected chi connectivity index (χ0v) is 28.7. The molecule has 1 heterocycles. The summed E-state index contributed by atoms with van der Waals surface area (Å²) in [4.78, 5) is 35.7. The highest BCUT2D eigenvalue weighted by molar-refractivity contribution is 6.01. The highest BCUT2D eigenvalue weighted by atomic mass is 19.1. The van der Waals surface area contributed by atoms with Gasteiger partial charge < -0.3 is 30.0 Å². The first-order chi connectivity index (χ1) is 23.6. The molecule has 3 N–H and O–H groups in total. The van der Waals surface area contributed by atoms with Crippen molar-refractivity contribution in [3.05, 3.63) is 107 Å². The number of aromatic nitrogens is 1. The van der Waals surface area contributed by atoms with Crippen LogP contribution >= 0.6 is 0 Å². The zero-order chi connectivity index (χ0) is 35.3. The van der Waals surface area contributed by atoms with Crippen molar-refractivity contribution in [3.8, 4) is 11.5 Å². The molecule has 262 valence electrons. The molecule has 11 heteroatoms. The Hall–Kier alpha value is -4.61. The number of carbonyl (C=O) groups is 2. The van der Waals surface area contributed by atoms with E-state index >= 15 is 0 Å². The van der Waals surface area contributed by atoms with E-state index in [0.29, 0.717) is 30.8 Å². The Labute approximate surface area is 287 Å². The quantitative estimate of drug-likeness (QED) is 0.115. The SMILES string of the molecule is CCCN(CCC)C(=O)c1cc(C(=O)NC(Cc2cc(F)cc(F)c2)C(O)CNCc2cccc(N(CC)CC)c2)cc(-c2ncco2)c1. The maximum absolute atomic E-state index is 14.2. The lowest BCUT2D eigenvalue weighted by atomic mass is 9.99. The predicted octanol–water partition coefficient (Wildman–Crippen LogP) is 6.22. The molecule has 9 nitrogen and oxygen atoms in total. The van der Waals surface area contributed by atoms with Crippen molar-refractivity contribution in [3.63, 3.8) is 0 Å². The van der Waals surface area contributed by atoms with Crippen molar-refractivity contribution >= 4 is 17.5 Å². The number of nitrogens with zero attached hydrogens (tertiary/aromatic N) is 3. The number of oxazole rings is 1. The van der Waals surface area contributed by atoms with E-state index in [0.717, 1.165) is 43.2 Å². The highest BCUT2D eigenvalue weighted by Gasteiger charge is 2.25. The van der Waals surface area contributed by atoms with Crippen LogP contribution in [0, 0.1) is 11.6 Å². The Morgan fingerprint density at radius 2 is 1.59 bits per heavy atom. The first-order valence-corrected chi connectivity index (χ1v) is 17.0. The van der Waals surface area contributed by atoms with Gasteiger partial charge in [0.2, 0.25) is 5.89 Å².